The van der Waals surface area contributed by atoms with Gasteiger partial charge in [0.25, 0.3) is 0 Å². The lowest BCUT2D eigenvalue weighted by atomic mass is 9.58. The van der Waals surface area contributed by atoms with Crippen LogP contribution in [0.5, 0.6) is 0 Å². The van der Waals surface area contributed by atoms with Crippen LogP contribution in [0.15, 0.2) is 12.2 Å². The Morgan fingerprint density at radius 3 is 2.42 bits per heavy atom. The Morgan fingerprint density at radius 1 is 1.19 bits per heavy atom. The summed E-state index contributed by atoms with van der Waals surface area (Å²) in [5, 5.41) is 33.2. The maximum atomic E-state index is 13.0. The van der Waals surface area contributed by atoms with E-state index in [1.165, 1.54) is 0 Å². The number of Topliss-reactive ketones (excluding diaryl/α,β-unsaturated/α-hetero) is 2. The van der Waals surface area contributed by atoms with Crippen molar-refractivity contribution in [2.45, 2.75) is 63.2 Å². The van der Waals surface area contributed by atoms with Gasteiger partial charge in [0.15, 0.2) is 5.78 Å². The number of alkyl halides is 1. The zero-order chi connectivity index (χ0) is 19.5. The number of aliphatic hydroxyl groups excluding tert-OH is 3. The van der Waals surface area contributed by atoms with Crippen molar-refractivity contribution in [3.05, 3.63) is 12.2 Å². The van der Waals surface area contributed by atoms with Crippen molar-refractivity contribution in [3.8, 4) is 0 Å². The lowest BCUT2D eigenvalue weighted by molar-refractivity contribution is -0.181. The van der Waals surface area contributed by atoms with E-state index >= 15 is 0 Å². The summed E-state index contributed by atoms with van der Waals surface area (Å²) in [6, 6.07) is 0. The second kappa shape index (κ2) is 6.80. The van der Waals surface area contributed by atoms with E-state index < -0.39 is 35.6 Å². The molecule has 0 aromatic heterocycles. The smallest absolute Gasteiger partial charge is 0.170 e. The van der Waals surface area contributed by atoms with E-state index in [2.05, 4.69) is 22.5 Å². The van der Waals surface area contributed by atoms with E-state index in [0.29, 0.717) is 24.8 Å². The molecule has 3 rings (SSSR count). The molecule has 3 N–H and O–H groups in total. The van der Waals surface area contributed by atoms with Gasteiger partial charge in [0.2, 0.25) is 0 Å². The van der Waals surface area contributed by atoms with Gasteiger partial charge in [-0.15, -0.1) is 0 Å². The third-order valence-corrected chi connectivity index (χ3v) is 8.33. The molecule has 0 aromatic rings. The molecule has 0 heterocycles. The first-order valence-electron chi connectivity index (χ1n) is 9.52. The molecule has 6 heteroatoms. The number of halogens is 1. The van der Waals surface area contributed by atoms with Crippen LogP contribution in [0.3, 0.4) is 0 Å². The minimum atomic E-state index is -1.42. The first kappa shape index (κ1) is 20.2. The average Bonchev–Trinajstić information content (AvgIpc) is 2.70. The van der Waals surface area contributed by atoms with E-state index in [1.54, 1.807) is 6.92 Å². The maximum Gasteiger partial charge on any atom is 0.170 e. The minimum Gasteiger partial charge on any atom is -0.391 e. The van der Waals surface area contributed by atoms with Gasteiger partial charge in [-0.3, -0.25) is 9.59 Å². The zero-order valence-electron chi connectivity index (χ0n) is 15.6. The molecule has 3 aliphatic rings. The number of hydrogen-bond acceptors (Lipinski definition) is 5. The molecule has 3 aliphatic carbocycles. The summed E-state index contributed by atoms with van der Waals surface area (Å²) < 4.78 is 0. The molecule has 0 aromatic carbocycles. The van der Waals surface area contributed by atoms with Crippen LogP contribution < -0.4 is 0 Å². The lowest BCUT2D eigenvalue weighted by Crippen LogP contribution is -2.61. The summed E-state index contributed by atoms with van der Waals surface area (Å²) in [6.07, 6.45) is -1.78. The van der Waals surface area contributed by atoms with Crippen molar-refractivity contribution in [2.24, 2.45) is 35.0 Å². The van der Waals surface area contributed by atoms with E-state index in [0.717, 1.165) is 0 Å². The summed E-state index contributed by atoms with van der Waals surface area (Å²) in [5.41, 5.74) is -1.07. The van der Waals surface area contributed by atoms with Gasteiger partial charge in [0.05, 0.1) is 28.6 Å². The molecule has 0 saturated heterocycles. The predicted molar refractivity (Wildman–Crippen MR) is 101 cm³/mol. The fourth-order valence-corrected chi connectivity index (χ4v) is 6.92. The number of aliphatic hydroxyl groups is 3. The van der Waals surface area contributed by atoms with Gasteiger partial charge in [-0.1, -0.05) is 43.3 Å². The number of ketones is 2. The van der Waals surface area contributed by atoms with Gasteiger partial charge >= 0.3 is 0 Å². The maximum absolute atomic E-state index is 13.0. The van der Waals surface area contributed by atoms with Crippen LogP contribution in [0.25, 0.3) is 0 Å². The Morgan fingerprint density at radius 2 is 1.81 bits per heavy atom. The topological polar surface area (TPSA) is 94.8 Å². The van der Waals surface area contributed by atoms with E-state index in [9.17, 15) is 24.9 Å². The molecule has 146 valence electrons. The third-order valence-electron chi connectivity index (χ3n) is 7.51. The summed E-state index contributed by atoms with van der Waals surface area (Å²) in [4.78, 5) is 25.2. The number of carbonyl (C=O) groups excluding carboxylic acids is 2. The number of carbonyl (C=O) groups is 2. The summed E-state index contributed by atoms with van der Waals surface area (Å²) in [5.74, 6) is -1.83. The molecule has 26 heavy (non-hydrogen) atoms. The van der Waals surface area contributed by atoms with Crippen LogP contribution in [-0.4, -0.2) is 50.0 Å². The Bertz CT molecular complexity index is 634. The van der Waals surface area contributed by atoms with Gasteiger partial charge in [0.1, 0.15) is 5.78 Å². The lowest BCUT2D eigenvalue weighted by Gasteiger charge is -2.49. The highest BCUT2D eigenvalue weighted by Gasteiger charge is 2.67. The van der Waals surface area contributed by atoms with Crippen LogP contribution in [0.2, 0.25) is 0 Å². The molecule has 0 aliphatic heterocycles. The van der Waals surface area contributed by atoms with Crippen molar-refractivity contribution >= 4 is 27.5 Å². The highest BCUT2D eigenvalue weighted by molar-refractivity contribution is 9.10. The van der Waals surface area contributed by atoms with Gasteiger partial charge in [-0.05, 0) is 42.6 Å². The van der Waals surface area contributed by atoms with Crippen LogP contribution >= 0.6 is 15.9 Å². The third kappa shape index (κ3) is 2.52. The molecule has 0 amide bonds. The molecule has 10 atom stereocenters. The monoisotopic (exact) mass is 428 g/mol. The summed E-state index contributed by atoms with van der Waals surface area (Å²) in [6.45, 7) is 9.42. The first-order valence-corrected chi connectivity index (χ1v) is 10.4. The standard InChI is InChI=1S/C20H29BrO5/c1-8-7-13(21)15(22)11(4)14(8)16(23)19(26)20-9(2)5-6-12(18(20)25)10(3)17(20)24/h8-9,11-14,16,18-19,23,25-26H,3,5-7H2,1-2,4H3. The molecule has 5 nitrogen and oxygen atoms in total. The molecular formula is C20H29BrO5. The first-order chi connectivity index (χ1) is 12.1. The number of fused-ring (bicyclic) bond motifs is 2. The minimum absolute atomic E-state index is 0.000307. The normalized spacial score (nSPS) is 48.6. The van der Waals surface area contributed by atoms with Crippen molar-refractivity contribution in [3.63, 3.8) is 0 Å². The number of hydrogen-bond donors (Lipinski definition) is 3. The van der Waals surface area contributed by atoms with Crippen molar-refractivity contribution in [1.82, 2.24) is 0 Å². The Kier molecular flexibility index (Phi) is 5.28. The average molecular weight is 429 g/mol. The highest BCUT2D eigenvalue weighted by Crippen LogP contribution is 2.57. The molecule has 0 spiro atoms. The van der Waals surface area contributed by atoms with Crippen LogP contribution in [0, 0.1) is 35.0 Å². The van der Waals surface area contributed by atoms with E-state index in [4.69, 9.17) is 0 Å². The summed E-state index contributed by atoms with van der Waals surface area (Å²) in [7, 11) is 0. The van der Waals surface area contributed by atoms with Gasteiger partial charge in [-0.25, -0.2) is 0 Å². The van der Waals surface area contributed by atoms with E-state index in [1.807, 2.05) is 13.8 Å². The van der Waals surface area contributed by atoms with E-state index in [-0.39, 0.29) is 34.1 Å². The highest BCUT2D eigenvalue weighted by atomic mass is 79.9. The van der Waals surface area contributed by atoms with Crippen LogP contribution in [0.1, 0.15) is 40.0 Å². The summed E-state index contributed by atoms with van der Waals surface area (Å²) >= 11 is 3.39. The fraction of sp³-hybridized carbons (Fsp3) is 0.800. The second-order valence-corrected chi connectivity index (χ2v) is 9.81. The molecule has 2 bridgehead atoms. The SMILES string of the molecule is C=C1C(=O)C2(C(O)C(O)C3C(C)CC(Br)C(=O)C3C)C(C)CCC1C2O. The Labute approximate surface area is 163 Å². The van der Waals surface area contributed by atoms with Crippen LogP contribution in [0.4, 0.5) is 0 Å². The Hall–Kier alpha value is -0.560. The predicted octanol–water partition coefficient (Wildman–Crippen LogP) is 1.87. The molecule has 10 unspecified atom stereocenters. The zero-order valence-corrected chi connectivity index (χ0v) is 17.1. The molecule has 3 saturated carbocycles. The van der Waals surface area contributed by atoms with Gasteiger partial charge in [-0.2, -0.15) is 0 Å². The van der Waals surface area contributed by atoms with Crippen molar-refractivity contribution in [1.29, 1.82) is 0 Å². The van der Waals surface area contributed by atoms with Crippen molar-refractivity contribution < 1.29 is 24.9 Å². The van der Waals surface area contributed by atoms with Gasteiger partial charge in [0, 0.05) is 11.8 Å². The fourth-order valence-electron chi connectivity index (χ4n) is 5.91. The quantitative estimate of drug-likeness (QED) is 0.470. The van der Waals surface area contributed by atoms with Gasteiger partial charge < -0.3 is 15.3 Å². The molecule has 3 fully saturated rings. The largest absolute Gasteiger partial charge is 0.391 e. The number of rotatable bonds is 3. The molecular weight excluding hydrogens is 400 g/mol. The second-order valence-electron chi connectivity index (χ2n) is 8.70. The Balaban J connectivity index is 1.97. The molecule has 0 radical (unpaired) electrons. The van der Waals surface area contributed by atoms with Crippen molar-refractivity contribution in [2.75, 3.05) is 0 Å². The van der Waals surface area contributed by atoms with Crippen LogP contribution in [-0.2, 0) is 9.59 Å².